The van der Waals surface area contributed by atoms with E-state index in [0.717, 1.165) is 12.0 Å². The summed E-state index contributed by atoms with van der Waals surface area (Å²) in [5, 5.41) is 0. The van der Waals surface area contributed by atoms with Crippen LogP contribution in [0.25, 0.3) is 0 Å². The number of carbonyl (C=O) groups excluding carboxylic acids is 1. The van der Waals surface area contributed by atoms with Gasteiger partial charge in [-0.15, -0.1) is 0 Å². The fourth-order valence-corrected chi connectivity index (χ4v) is 1.91. The third kappa shape index (κ3) is 3.05. The van der Waals surface area contributed by atoms with Gasteiger partial charge < -0.3 is 4.74 Å². The van der Waals surface area contributed by atoms with Crippen molar-refractivity contribution in [2.45, 2.75) is 38.7 Å². The Bertz CT molecular complexity index is 417. The van der Waals surface area contributed by atoms with Crippen LogP contribution in [0.2, 0.25) is 0 Å². The van der Waals surface area contributed by atoms with Gasteiger partial charge in [-0.25, -0.2) is 4.39 Å². The molecule has 0 N–H and O–H groups in total. The largest absolute Gasteiger partial charge is 0.460 e. The Morgan fingerprint density at radius 3 is 2.41 bits per heavy atom. The highest BCUT2D eigenvalue weighted by Crippen LogP contribution is 2.48. The van der Waals surface area contributed by atoms with Crippen LogP contribution in [0, 0.1) is 11.7 Å². The Hall–Kier alpha value is -1.38. The zero-order chi connectivity index (χ0) is 12.6. The molecule has 0 aliphatic heterocycles. The van der Waals surface area contributed by atoms with Crippen LogP contribution < -0.4 is 0 Å². The molecule has 1 aromatic rings. The molecule has 3 heteroatoms. The number of halogens is 1. The number of hydrogen-bond acceptors (Lipinski definition) is 2. The molecule has 17 heavy (non-hydrogen) atoms. The summed E-state index contributed by atoms with van der Waals surface area (Å²) in [6.07, 6.45) is 0.806. The van der Waals surface area contributed by atoms with E-state index >= 15 is 0 Å². The number of carbonyl (C=O) groups is 1. The van der Waals surface area contributed by atoms with E-state index in [1.54, 1.807) is 12.1 Å². The predicted molar refractivity (Wildman–Crippen MR) is 63.1 cm³/mol. The van der Waals surface area contributed by atoms with E-state index in [4.69, 9.17) is 4.74 Å². The zero-order valence-electron chi connectivity index (χ0n) is 10.4. The van der Waals surface area contributed by atoms with Crippen LogP contribution in [0.4, 0.5) is 4.39 Å². The molecule has 1 aromatic carbocycles. The lowest BCUT2D eigenvalue weighted by Crippen LogP contribution is -2.25. The molecule has 1 fully saturated rings. The Kier molecular flexibility index (Phi) is 2.94. The molecule has 0 amide bonds. The summed E-state index contributed by atoms with van der Waals surface area (Å²) in [6.45, 7) is 5.58. The molecule has 92 valence electrons. The molecule has 0 unspecified atom stereocenters. The fraction of sp³-hybridized carbons (Fsp3) is 0.500. The zero-order valence-corrected chi connectivity index (χ0v) is 10.4. The standard InChI is InChI=1S/C14H17FO2/c1-14(2,3)17-13(16)12-8-11(12)9-4-6-10(15)7-5-9/h4-7,11-12H,8H2,1-3H3/t11-,12+/m0/s1. The first-order chi connectivity index (χ1) is 7.87. The minimum absolute atomic E-state index is 0.0558. The lowest BCUT2D eigenvalue weighted by atomic mass is 10.1. The summed E-state index contributed by atoms with van der Waals surface area (Å²) in [5.74, 6) is -0.250. The van der Waals surface area contributed by atoms with E-state index < -0.39 is 5.60 Å². The summed E-state index contributed by atoms with van der Waals surface area (Å²) in [4.78, 5) is 11.8. The minimum atomic E-state index is -0.437. The third-order valence-electron chi connectivity index (χ3n) is 2.80. The predicted octanol–water partition coefficient (Wildman–Crippen LogP) is 3.27. The van der Waals surface area contributed by atoms with Crippen molar-refractivity contribution in [3.63, 3.8) is 0 Å². The first kappa shape index (κ1) is 12.1. The maximum absolute atomic E-state index is 12.8. The summed E-state index contributed by atoms with van der Waals surface area (Å²) in [5.41, 5.74) is 0.578. The van der Waals surface area contributed by atoms with Crippen molar-refractivity contribution in [1.82, 2.24) is 0 Å². The molecular weight excluding hydrogens is 219 g/mol. The van der Waals surface area contributed by atoms with Gasteiger partial charge in [-0.1, -0.05) is 12.1 Å². The van der Waals surface area contributed by atoms with Gasteiger partial charge >= 0.3 is 5.97 Å². The van der Waals surface area contributed by atoms with E-state index in [0.29, 0.717) is 0 Å². The number of ether oxygens (including phenoxy) is 1. The van der Waals surface area contributed by atoms with Crippen molar-refractivity contribution in [1.29, 1.82) is 0 Å². The molecule has 0 saturated heterocycles. The van der Waals surface area contributed by atoms with Gasteiger partial charge in [0, 0.05) is 0 Å². The van der Waals surface area contributed by atoms with Crippen molar-refractivity contribution >= 4 is 5.97 Å². The van der Waals surface area contributed by atoms with Crippen LogP contribution >= 0.6 is 0 Å². The maximum atomic E-state index is 12.8. The second kappa shape index (κ2) is 4.13. The highest BCUT2D eigenvalue weighted by atomic mass is 19.1. The van der Waals surface area contributed by atoms with Gasteiger partial charge in [-0.05, 0) is 50.8 Å². The molecule has 0 radical (unpaired) electrons. The molecule has 1 aliphatic carbocycles. The smallest absolute Gasteiger partial charge is 0.310 e. The van der Waals surface area contributed by atoms with Crippen molar-refractivity contribution in [2.75, 3.05) is 0 Å². The molecule has 0 spiro atoms. The lowest BCUT2D eigenvalue weighted by molar-refractivity contribution is -0.156. The van der Waals surface area contributed by atoms with E-state index in [-0.39, 0.29) is 23.6 Å². The molecule has 2 nitrogen and oxygen atoms in total. The highest BCUT2D eigenvalue weighted by Gasteiger charge is 2.46. The van der Waals surface area contributed by atoms with Crippen LogP contribution in [-0.4, -0.2) is 11.6 Å². The van der Waals surface area contributed by atoms with Crippen LogP contribution in [0.1, 0.15) is 38.7 Å². The molecule has 2 atom stereocenters. The lowest BCUT2D eigenvalue weighted by Gasteiger charge is -2.19. The summed E-state index contributed by atoms with van der Waals surface area (Å²) >= 11 is 0. The van der Waals surface area contributed by atoms with Crippen molar-refractivity contribution < 1.29 is 13.9 Å². The number of esters is 1. The van der Waals surface area contributed by atoms with Gasteiger partial charge in [0.25, 0.3) is 0 Å². The van der Waals surface area contributed by atoms with E-state index in [1.807, 2.05) is 20.8 Å². The minimum Gasteiger partial charge on any atom is -0.460 e. The van der Waals surface area contributed by atoms with Crippen LogP contribution in [0.3, 0.4) is 0 Å². The Labute approximate surface area is 101 Å². The van der Waals surface area contributed by atoms with E-state index in [9.17, 15) is 9.18 Å². The molecular formula is C14H17FO2. The fourth-order valence-electron chi connectivity index (χ4n) is 1.91. The van der Waals surface area contributed by atoms with E-state index in [2.05, 4.69) is 0 Å². The monoisotopic (exact) mass is 236 g/mol. The average molecular weight is 236 g/mol. The van der Waals surface area contributed by atoms with Gasteiger partial charge in [0.1, 0.15) is 11.4 Å². The summed E-state index contributed by atoms with van der Waals surface area (Å²) in [6, 6.07) is 6.34. The van der Waals surface area contributed by atoms with Gasteiger partial charge in [-0.3, -0.25) is 4.79 Å². The highest BCUT2D eigenvalue weighted by molar-refractivity contribution is 5.77. The van der Waals surface area contributed by atoms with Gasteiger partial charge in [0.2, 0.25) is 0 Å². The summed E-state index contributed by atoms with van der Waals surface area (Å²) < 4.78 is 18.1. The third-order valence-corrected chi connectivity index (χ3v) is 2.80. The molecule has 0 aromatic heterocycles. The molecule has 1 saturated carbocycles. The van der Waals surface area contributed by atoms with Gasteiger partial charge in [0.15, 0.2) is 0 Å². The maximum Gasteiger partial charge on any atom is 0.310 e. The van der Waals surface area contributed by atoms with Crippen LogP contribution in [-0.2, 0) is 9.53 Å². The Morgan fingerprint density at radius 2 is 1.88 bits per heavy atom. The molecule has 0 heterocycles. The molecule has 2 rings (SSSR count). The topological polar surface area (TPSA) is 26.3 Å². The SMILES string of the molecule is CC(C)(C)OC(=O)[C@@H]1C[C@H]1c1ccc(F)cc1. The number of rotatable bonds is 2. The normalized spacial score (nSPS) is 23.3. The van der Waals surface area contributed by atoms with Crippen LogP contribution in [0.15, 0.2) is 24.3 Å². The second-order valence-electron chi connectivity index (χ2n) is 5.53. The molecule has 0 bridgehead atoms. The molecule has 1 aliphatic rings. The number of hydrogen-bond donors (Lipinski definition) is 0. The second-order valence-corrected chi connectivity index (χ2v) is 5.53. The van der Waals surface area contributed by atoms with Gasteiger partial charge in [-0.2, -0.15) is 0 Å². The summed E-state index contributed by atoms with van der Waals surface area (Å²) in [7, 11) is 0. The van der Waals surface area contributed by atoms with Crippen LogP contribution in [0.5, 0.6) is 0 Å². The first-order valence-corrected chi connectivity index (χ1v) is 5.85. The van der Waals surface area contributed by atoms with Crippen molar-refractivity contribution in [3.8, 4) is 0 Å². The average Bonchev–Trinajstić information content (AvgIpc) is 2.96. The number of benzene rings is 1. The van der Waals surface area contributed by atoms with E-state index in [1.165, 1.54) is 12.1 Å². The van der Waals surface area contributed by atoms with Crippen molar-refractivity contribution in [2.24, 2.45) is 5.92 Å². The Balaban J connectivity index is 1.96. The van der Waals surface area contributed by atoms with Gasteiger partial charge in [0.05, 0.1) is 5.92 Å². The van der Waals surface area contributed by atoms with Crippen molar-refractivity contribution in [3.05, 3.63) is 35.6 Å². The Morgan fingerprint density at radius 1 is 1.29 bits per heavy atom. The first-order valence-electron chi connectivity index (χ1n) is 5.85. The quantitative estimate of drug-likeness (QED) is 0.737.